The zero-order valence-electron chi connectivity index (χ0n) is 17.2. The Balaban J connectivity index is 0.00000306. The molecule has 0 saturated heterocycles. The van der Waals surface area contributed by atoms with E-state index >= 15 is 0 Å². The minimum atomic E-state index is -4.50. The summed E-state index contributed by atoms with van der Waals surface area (Å²) >= 11 is 6.17. The lowest BCUT2D eigenvalue weighted by atomic mass is 10.0. The average Bonchev–Trinajstić information content (AvgIpc) is 3.40. The van der Waals surface area contributed by atoms with Gasteiger partial charge in [0, 0.05) is 35.2 Å². The average molecular weight is 495 g/mol. The Morgan fingerprint density at radius 2 is 2.00 bits per heavy atom. The standard InChI is InChI=1S/C21H16ClF3N6O.H2S/c1-12(18-28-11-29-31(18)17-4-3-14(10-27-17)21(23,24)25)30-19(32)13-7-15(9-16(22)8-13)20(26-2)5-6-20;/h3-4,7-12H,5-6H2,1H3,(H,30,32);1H2/t12-;/m1./s1. The second-order valence-corrected chi connectivity index (χ2v) is 7.94. The highest BCUT2D eigenvalue weighted by Gasteiger charge is 2.52. The highest BCUT2D eigenvalue weighted by molar-refractivity contribution is 7.59. The van der Waals surface area contributed by atoms with Crippen LogP contribution in [0, 0.1) is 6.57 Å². The topological polar surface area (TPSA) is 77.1 Å². The van der Waals surface area contributed by atoms with Crippen molar-refractivity contribution in [2.45, 2.75) is 37.5 Å². The maximum atomic E-state index is 12.8. The summed E-state index contributed by atoms with van der Waals surface area (Å²) in [6.07, 6.45) is -1.13. The first-order valence-corrected chi connectivity index (χ1v) is 9.95. The molecule has 1 atom stereocenters. The van der Waals surface area contributed by atoms with E-state index in [2.05, 4.69) is 25.2 Å². The summed E-state index contributed by atoms with van der Waals surface area (Å²) < 4.78 is 39.6. The Morgan fingerprint density at radius 3 is 2.58 bits per heavy atom. The van der Waals surface area contributed by atoms with Crippen LogP contribution < -0.4 is 5.32 Å². The van der Waals surface area contributed by atoms with Crippen LogP contribution >= 0.6 is 25.1 Å². The van der Waals surface area contributed by atoms with Crippen molar-refractivity contribution in [1.29, 1.82) is 0 Å². The summed E-state index contributed by atoms with van der Waals surface area (Å²) in [6.45, 7) is 9.07. The number of benzene rings is 1. The third-order valence-corrected chi connectivity index (χ3v) is 5.45. The first kappa shape index (κ1) is 24.5. The van der Waals surface area contributed by atoms with Crippen LogP contribution in [0.4, 0.5) is 13.2 Å². The van der Waals surface area contributed by atoms with Crippen LogP contribution in [0.2, 0.25) is 5.02 Å². The molecule has 1 amide bonds. The molecule has 0 spiro atoms. The van der Waals surface area contributed by atoms with E-state index in [1.807, 2.05) is 0 Å². The van der Waals surface area contributed by atoms with E-state index in [9.17, 15) is 18.0 Å². The molecule has 0 bridgehead atoms. The van der Waals surface area contributed by atoms with Gasteiger partial charge in [0.1, 0.15) is 6.33 Å². The van der Waals surface area contributed by atoms with Gasteiger partial charge in [-0.3, -0.25) is 4.79 Å². The van der Waals surface area contributed by atoms with Gasteiger partial charge in [-0.25, -0.2) is 16.5 Å². The monoisotopic (exact) mass is 494 g/mol. The highest BCUT2D eigenvalue weighted by atomic mass is 35.5. The van der Waals surface area contributed by atoms with Gasteiger partial charge in [0.15, 0.2) is 11.6 Å². The van der Waals surface area contributed by atoms with Gasteiger partial charge in [0.25, 0.3) is 11.4 Å². The zero-order chi connectivity index (χ0) is 23.1. The predicted molar refractivity (Wildman–Crippen MR) is 119 cm³/mol. The number of nitrogens with zero attached hydrogens (tertiary/aromatic N) is 5. The number of amides is 1. The summed E-state index contributed by atoms with van der Waals surface area (Å²) in [5.41, 5.74) is -0.489. The number of carbonyl (C=O) groups excluding carboxylic acids is 1. The second-order valence-electron chi connectivity index (χ2n) is 7.50. The van der Waals surface area contributed by atoms with Crippen molar-refractivity contribution in [3.05, 3.63) is 81.8 Å². The van der Waals surface area contributed by atoms with E-state index in [0.717, 1.165) is 18.9 Å². The summed E-state index contributed by atoms with van der Waals surface area (Å²) in [5.74, 6) is -0.0194. The van der Waals surface area contributed by atoms with Crippen molar-refractivity contribution in [2.24, 2.45) is 0 Å². The van der Waals surface area contributed by atoms with E-state index in [1.54, 1.807) is 19.1 Å². The van der Waals surface area contributed by atoms with Gasteiger partial charge in [-0.05, 0) is 37.3 Å². The number of aromatic nitrogens is 4. The number of rotatable bonds is 5. The van der Waals surface area contributed by atoms with Gasteiger partial charge in [-0.1, -0.05) is 11.6 Å². The Labute approximate surface area is 199 Å². The van der Waals surface area contributed by atoms with E-state index in [0.29, 0.717) is 22.3 Å². The molecule has 7 nitrogen and oxygen atoms in total. The minimum Gasteiger partial charge on any atom is -0.342 e. The molecule has 1 N–H and O–H groups in total. The summed E-state index contributed by atoms with van der Waals surface area (Å²) in [7, 11) is 0. The Kier molecular flexibility index (Phi) is 6.72. The summed E-state index contributed by atoms with van der Waals surface area (Å²) in [5, 5.41) is 7.15. The van der Waals surface area contributed by atoms with Crippen molar-refractivity contribution in [3.63, 3.8) is 0 Å². The van der Waals surface area contributed by atoms with Crippen LogP contribution in [0.3, 0.4) is 0 Å². The summed E-state index contributed by atoms with van der Waals surface area (Å²) in [4.78, 5) is 24.5. The normalized spacial score (nSPS) is 15.2. The lowest BCUT2D eigenvalue weighted by Gasteiger charge is -2.15. The van der Waals surface area contributed by atoms with Crippen LogP contribution in [0.1, 0.15) is 53.1 Å². The third-order valence-electron chi connectivity index (χ3n) is 5.24. The van der Waals surface area contributed by atoms with Crippen molar-refractivity contribution in [2.75, 3.05) is 0 Å². The van der Waals surface area contributed by atoms with Crippen molar-refractivity contribution >= 4 is 31.0 Å². The van der Waals surface area contributed by atoms with E-state index in [-0.39, 0.29) is 25.1 Å². The third kappa shape index (κ3) is 4.96. The number of carbonyl (C=O) groups is 1. The van der Waals surface area contributed by atoms with Crippen LogP contribution in [-0.2, 0) is 11.7 Å². The molecule has 172 valence electrons. The molecular formula is C21H18ClF3N6OS. The molecule has 0 radical (unpaired) electrons. The van der Waals surface area contributed by atoms with Gasteiger partial charge in [0.2, 0.25) is 0 Å². The lowest BCUT2D eigenvalue weighted by molar-refractivity contribution is -0.137. The van der Waals surface area contributed by atoms with Crippen LogP contribution in [-0.4, -0.2) is 25.7 Å². The summed E-state index contributed by atoms with van der Waals surface area (Å²) in [6, 6.07) is 6.29. The molecule has 33 heavy (non-hydrogen) atoms. The van der Waals surface area contributed by atoms with Gasteiger partial charge in [0.05, 0.1) is 11.6 Å². The van der Waals surface area contributed by atoms with Crippen LogP contribution in [0.25, 0.3) is 10.7 Å². The van der Waals surface area contributed by atoms with E-state index in [1.165, 1.54) is 23.1 Å². The SMILES string of the molecule is S.[C-]#[N+]C1(c2cc(Cl)cc(C(=O)N[C@H](C)c3ncnn3-c3ccc(C(F)(F)F)cn3)c2)CC1. The zero-order valence-corrected chi connectivity index (χ0v) is 18.9. The molecule has 1 aliphatic rings. The number of pyridine rings is 1. The molecule has 0 aliphatic heterocycles. The van der Waals surface area contributed by atoms with Crippen molar-refractivity contribution < 1.29 is 18.0 Å². The number of nitrogens with one attached hydrogen (secondary N) is 1. The largest absolute Gasteiger partial charge is 0.417 e. The first-order chi connectivity index (χ1) is 15.1. The lowest BCUT2D eigenvalue weighted by Crippen LogP contribution is -2.29. The number of hydrogen-bond donors (Lipinski definition) is 1. The molecule has 12 heteroatoms. The minimum absolute atomic E-state index is 0. The molecular weight excluding hydrogens is 477 g/mol. The van der Waals surface area contributed by atoms with Crippen LogP contribution in [0.15, 0.2) is 42.9 Å². The molecule has 1 fully saturated rings. The Hall–Kier alpha value is -3.10. The van der Waals surface area contributed by atoms with Gasteiger partial charge >= 0.3 is 6.18 Å². The fourth-order valence-corrected chi connectivity index (χ4v) is 3.55. The number of hydrogen-bond acceptors (Lipinski definition) is 4. The van der Waals surface area contributed by atoms with Gasteiger partial charge < -0.3 is 10.2 Å². The Morgan fingerprint density at radius 1 is 1.27 bits per heavy atom. The molecule has 4 rings (SSSR count). The van der Waals surface area contributed by atoms with Gasteiger partial charge in [-0.15, -0.1) is 0 Å². The number of alkyl halides is 3. The number of halogens is 4. The second kappa shape index (κ2) is 9.03. The molecule has 1 aromatic carbocycles. The molecule has 1 aliphatic carbocycles. The quantitative estimate of drug-likeness (QED) is 0.514. The fraction of sp³-hybridized carbons (Fsp3) is 0.286. The smallest absolute Gasteiger partial charge is 0.342 e. The van der Waals surface area contributed by atoms with E-state index < -0.39 is 29.2 Å². The van der Waals surface area contributed by atoms with Crippen LogP contribution in [0.5, 0.6) is 0 Å². The molecule has 2 aromatic heterocycles. The van der Waals surface area contributed by atoms with Crippen molar-refractivity contribution in [1.82, 2.24) is 25.1 Å². The maximum Gasteiger partial charge on any atom is 0.417 e. The molecule has 0 unspecified atom stereocenters. The van der Waals surface area contributed by atoms with Crippen molar-refractivity contribution in [3.8, 4) is 5.82 Å². The van der Waals surface area contributed by atoms with Gasteiger partial charge in [-0.2, -0.15) is 36.4 Å². The Bertz CT molecular complexity index is 1220. The first-order valence-electron chi connectivity index (χ1n) is 9.57. The maximum absolute atomic E-state index is 12.8. The highest BCUT2D eigenvalue weighted by Crippen LogP contribution is 2.50. The van der Waals surface area contributed by atoms with E-state index in [4.69, 9.17) is 18.2 Å². The molecule has 2 heterocycles. The molecule has 3 aromatic rings. The fourth-order valence-electron chi connectivity index (χ4n) is 3.32. The predicted octanol–water partition coefficient (Wildman–Crippen LogP) is 4.85. The molecule has 1 saturated carbocycles.